The molecule has 0 aromatic rings. The smallest absolute Gasteiger partial charge is 1.00 e. The van der Waals surface area contributed by atoms with Gasteiger partial charge in [0.15, 0.2) is 0 Å². The third kappa shape index (κ3) is 5.10. The van der Waals surface area contributed by atoms with Crippen LogP contribution >= 0.6 is 0 Å². The molecule has 0 bridgehead atoms. The van der Waals surface area contributed by atoms with Crippen molar-refractivity contribution in [2.75, 3.05) is 7.05 Å². The van der Waals surface area contributed by atoms with Gasteiger partial charge in [0, 0.05) is 0 Å². The van der Waals surface area contributed by atoms with E-state index in [9.17, 15) is 0 Å². The van der Waals surface area contributed by atoms with Crippen LogP contribution < -0.4 is 29.6 Å². The molecule has 0 fully saturated rings. The van der Waals surface area contributed by atoms with Gasteiger partial charge in [-0.3, -0.25) is 0 Å². The van der Waals surface area contributed by atoms with E-state index in [0.29, 0.717) is 0 Å². The van der Waals surface area contributed by atoms with E-state index in [-0.39, 0.29) is 31.0 Å². The van der Waals surface area contributed by atoms with Crippen LogP contribution in [-0.4, -0.2) is 28.5 Å². The summed E-state index contributed by atoms with van der Waals surface area (Å²) in [5.74, 6) is 0. The van der Waals surface area contributed by atoms with Gasteiger partial charge < -0.3 is 5.66 Å². The number of nitrogens with zero attached hydrogens (tertiary/aromatic N) is 1. The second-order valence-corrected chi connectivity index (χ2v) is 12.4. The van der Waals surface area contributed by atoms with E-state index in [1.165, 1.54) is 0 Å². The van der Waals surface area contributed by atoms with Crippen molar-refractivity contribution in [3.05, 3.63) is 0 Å². The maximum atomic E-state index is 2.63. The predicted molar refractivity (Wildman–Crippen MR) is 51.1 cm³/mol. The molecule has 10 heavy (non-hydrogen) atoms. The van der Waals surface area contributed by atoms with Crippen molar-refractivity contribution >= 4 is 17.2 Å². The molecule has 58 valence electrons. The Morgan fingerprint density at radius 2 is 1.50 bits per heavy atom. The Hall–Kier alpha value is 1.39. The van der Waals surface area contributed by atoms with E-state index in [2.05, 4.69) is 44.0 Å². The largest absolute Gasteiger partial charge is 1.00 e. The minimum absolute atomic E-state index is 0. The summed E-state index contributed by atoms with van der Waals surface area (Å²) in [6.45, 7) is 12.0. The van der Waals surface area contributed by atoms with Crippen LogP contribution in [-0.2, 0) is 0 Å². The average molecular weight is 185 g/mol. The molecular formula is C6H20NNaSi2. The number of rotatable bonds is 2. The molecule has 0 aliphatic heterocycles. The van der Waals surface area contributed by atoms with Crippen LogP contribution in [0.25, 0.3) is 0 Å². The van der Waals surface area contributed by atoms with Gasteiger partial charge in [-0.2, -0.15) is 0 Å². The van der Waals surface area contributed by atoms with E-state index in [0.717, 1.165) is 0 Å². The van der Waals surface area contributed by atoms with Gasteiger partial charge in [0.05, 0.1) is 8.96 Å². The minimum Gasteiger partial charge on any atom is -1.00 e. The summed E-state index contributed by atoms with van der Waals surface area (Å²) in [4.78, 5) is 0. The van der Waals surface area contributed by atoms with Crippen LogP contribution in [0.15, 0.2) is 0 Å². The second kappa shape index (κ2) is 5.11. The molecular weight excluding hydrogens is 165 g/mol. The molecule has 0 saturated heterocycles. The molecule has 0 aliphatic carbocycles. The van der Waals surface area contributed by atoms with Crippen molar-refractivity contribution in [1.82, 2.24) is 4.23 Å². The predicted octanol–water partition coefficient (Wildman–Crippen LogP) is -1.15. The molecule has 0 unspecified atom stereocenters. The first-order valence-electron chi connectivity index (χ1n) is 3.58. The zero-order valence-electron chi connectivity index (χ0n) is 9.52. The van der Waals surface area contributed by atoms with Crippen LogP contribution in [0.3, 0.4) is 0 Å². The Balaban J connectivity index is -0.000000320. The van der Waals surface area contributed by atoms with Crippen LogP contribution in [0.4, 0.5) is 0 Å². The van der Waals surface area contributed by atoms with Gasteiger partial charge in [-0.05, 0) is 7.05 Å². The van der Waals surface area contributed by atoms with Crippen LogP contribution in [0.1, 0.15) is 1.43 Å². The summed E-state index contributed by atoms with van der Waals surface area (Å²) in [7, 11) is 0.858. The third-order valence-electron chi connectivity index (χ3n) is 1.83. The van der Waals surface area contributed by atoms with Crippen molar-refractivity contribution in [1.29, 1.82) is 0 Å². The Morgan fingerprint density at radius 3 is 1.50 bits per heavy atom. The van der Waals surface area contributed by atoms with Crippen LogP contribution in [0, 0.1) is 0 Å². The quantitative estimate of drug-likeness (QED) is 0.491. The summed E-state index contributed by atoms with van der Waals surface area (Å²) in [6.07, 6.45) is 0. The fourth-order valence-corrected chi connectivity index (χ4v) is 6.97. The van der Waals surface area contributed by atoms with Gasteiger partial charge in [0.2, 0.25) is 0 Å². The number of hydrogen-bond acceptors (Lipinski definition) is 1. The molecule has 1 nitrogen and oxygen atoms in total. The zero-order chi connectivity index (χ0) is 7.65. The Bertz CT molecular complexity index is 95.1. The molecule has 0 spiro atoms. The normalized spacial score (nSPS) is 12.0. The average Bonchev–Trinajstić information content (AvgIpc) is 1.62. The van der Waals surface area contributed by atoms with Gasteiger partial charge in [0.25, 0.3) is 0 Å². The molecule has 0 saturated carbocycles. The Labute approximate surface area is 91.7 Å². The van der Waals surface area contributed by atoms with Gasteiger partial charge in [-0.1, -0.05) is 32.7 Å². The zero-order valence-corrected chi connectivity index (χ0v) is 12.7. The molecule has 0 N–H and O–H groups in total. The summed E-state index contributed by atoms with van der Waals surface area (Å²) in [6, 6.07) is 0. The molecule has 0 aromatic carbocycles. The molecule has 4 heteroatoms. The van der Waals surface area contributed by atoms with Crippen molar-refractivity contribution in [2.24, 2.45) is 0 Å². The molecule has 0 aliphatic rings. The van der Waals surface area contributed by atoms with Crippen molar-refractivity contribution in [3.8, 4) is 0 Å². The fourth-order valence-electron chi connectivity index (χ4n) is 0.775. The molecule has 0 radical (unpaired) electrons. The first-order valence-corrected chi connectivity index (χ1v) is 9.86. The summed E-state index contributed by atoms with van der Waals surface area (Å²) in [5, 5.41) is 0. The first kappa shape index (κ1) is 13.9. The minimum atomic E-state index is -0.929. The van der Waals surface area contributed by atoms with E-state index in [1.54, 1.807) is 0 Å². The first-order chi connectivity index (χ1) is 3.85. The van der Waals surface area contributed by atoms with Crippen molar-refractivity contribution in [2.45, 2.75) is 32.7 Å². The van der Waals surface area contributed by atoms with Gasteiger partial charge in [-0.25, -0.2) is 0 Å². The fraction of sp³-hybridized carbons (Fsp3) is 1.00. The SMILES string of the molecule is CN([SiH](C)C)[Si](C)(C)C.[H-].[Na+]. The van der Waals surface area contributed by atoms with Crippen LogP contribution in [0.2, 0.25) is 32.7 Å². The van der Waals surface area contributed by atoms with Crippen molar-refractivity contribution < 1.29 is 31.0 Å². The summed E-state index contributed by atoms with van der Waals surface area (Å²) >= 11 is 0. The van der Waals surface area contributed by atoms with E-state index >= 15 is 0 Å². The van der Waals surface area contributed by atoms with Gasteiger partial charge in [0.1, 0.15) is 8.24 Å². The summed E-state index contributed by atoms with van der Waals surface area (Å²) < 4.78 is 2.63. The standard InChI is InChI=1S/C6H19NSi2.Na.H/c1-7(8(2)3)9(4,5)6;;/h8H,1-6H3;;/q;+1;-1. The third-order valence-corrected chi connectivity index (χ3v) is 9.37. The second-order valence-electron chi connectivity index (χ2n) is 3.88. The molecule has 0 aromatic heterocycles. The topological polar surface area (TPSA) is 3.24 Å². The molecule has 0 rings (SSSR count). The molecule has 0 atom stereocenters. The van der Waals surface area contributed by atoms with E-state index in [1.807, 2.05) is 0 Å². The summed E-state index contributed by atoms with van der Waals surface area (Å²) in [5.41, 5.74) is 0. The maximum absolute atomic E-state index is 2.63. The molecule has 0 amide bonds. The number of hydrogen-bond donors (Lipinski definition) is 0. The Kier molecular flexibility index (Phi) is 7.13. The maximum Gasteiger partial charge on any atom is 1.00 e. The van der Waals surface area contributed by atoms with Gasteiger partial charge >= 0.3 is 29.6 Å². The monoisotopic (exact) mass is 185 g/mol. The Morgan fingerprint density at radius 1 is 1.20 bits per heavy atom. The molecule has 0 heterocycles. The van der Waals surface area contributed by atoms with E-state index < -0.39 is 17.2 Å². The van der Waals surface area contributed by atoms with Gasteiger partial charge in [-0.15, -0.1) is 0 Å². The van der Waals surface area contributed by atoms with E-state index in [4.69, 9.17) is 0 Å². The van der Waals surface area contributed by atoms with Crippen molar-refractivity contribution in [3.63, 3.8) is 0 Å². The van der Waals surface area contributed by atoms with Crippen LogP contribution in [0.5, 0.6) is 0 Å².